The highest BCUT2D eigenvalue weighted by molar-refractivity contribution is 7.98. The Labute approximate surface area is 121 Å². The zero-order valence-electron chi connectivity index (χ0n) is 11.5. The minimum Gasteiger partial charge on any atom is -0.396 e. The number of aliphatic hydroxyl groups excluding tert-OH is 1. The standard InChI is InChI=1S/C13H18N2O4S/c1-3-14(7-4-8-16)13(17)11-9-10(20-2)5-6-12(11)15(18)19/h5-6,9,16H,3-4,7-8H2,1-2H3. The Morgan fingerprint density at radius 3 is 2.70 bits per heavy atom. The Kier molecular flexibility index (Phi) is 6.47. The van der Waals surface area contributed by atoms with Crippen molar-refractivity contribution < 1.29 is 14.8 Å². The number of hydrogen-bond acceptors (Lipinski definition) is 5. The smallest absolute Gasteiger partial charge is 0.282 e. The lowest BCUT2D eigenvalue weighted by atomic mass is 10.1. The highest BCUT2D eigenvalue weighted by Crippen LogP contribution is 2.26. The summed E-state index contributed by atoms with van der Waals surface area (Å²) < 4.78 is 0. The second kappa shape index (κ2) is 7.86. The van der Waals surface area contributed by atoms with Crippen molar-refractivity contribution in [3.05, 3.63) is 33.9 Å². The topological polar surface area (TPSA) is 83.7 Å². The molecule has 110 valence electrons. The predicted molar refractivity (Wildman–Crippen MR) is 78.2 cm³/mol. The van der Waals surface area contributed by atoms with Gasteiger partial charge in [-0.15, -0.1) is 11.8 Å². The molecule has 0 aromatic heterocycles. The van der Waals surface area contributed by atoms with Gasteiger partial charge in [-0.25, -0.2) is 0 Å². The Morgan fingerprint density at radius 2 is 2.20 bits per heavy atom. The van der Waals surface area contributed by atoms with Crippen LogP contribution in [0.5, 0.6) is 0 Å². The number of amides is 1. The van der Waals surface area contributed by atoms with Gasteiger partial charge in [0, 0.05) is 30.7 Å². The van der Waals surface area contributed by atoms with Crippen LogP contribution in [0.15, 0.2) is 23.1 Å². The van der Waals surface area contributed by atoms with Crippen molar-refractivity contribution in [1.29, 1.82) is 0 Å². The molecule has 0 heterocycles. The Morgan fingerprint density at radius 1 is 1.50 bits per heavy atom. The lowest BCUT2D eigenvalue weighted by Gasteiger charge is -2.20. The van der Waals surface area contributed by atoms with Gasteiger partial charge in [-0.3, -0.25) is 14.9 Å². The van der Waals surface area contributed by atoms with Crippen LogP contribution in [0.1, 0.15) is 23.7 Å². The molecule has 0 aliphatic carbocycles. The second-order valence-electron chi connectivity index (χ2n) is 4.10. The summed E-state index contributed by atoms with van der Waals surface area (Å²) in [4.78, 5) is 25.2. The fourth-order valence-electron chi connectivity index (χ4n) is 1.81. The number of nitro groups is 1. The van der Waals surface area contributed by atoms with Crippen LogP contribution in [0, 0.1) is 10.1 Å². The molecule has 1 aromatic rings. The van der Waals surface area contributed by atoms with Crippen molar-refractivity contribution in [3.8, 4) is 0 Å². The highest BCUT2D eigenvalue weighted by Gasteiger charge is 2.24. The molecule has 0 bridgehead atoms. The van der Waals surface area contributed by atoms with Crippen LogP contribution in [-0.4, -0.2) is 46.8 Å². The summed E-state index contributed by atoms with van der Waals surface area (Å²) in [5.74, 6) is -0.372. The lowest BCUT2D eigenvalue weighted by Crippen LogP contribution is -2.32. The van der Waals surface area contributed by atoms with Crippen molar-refractivity contribution in [2.45, 2.75) is 18.2 Å². The van der Waals surface area contributed by atoms with Crippen LogP contribution in [0.2, 0.25) is 0 Å². The van der Waals surface area contributed by atoms with Gasteiger partial charge < -0.3 is 10.0 Å². The van der Waals surface area contributed by atoms with Crippen molar-refractivity contribution in [3.63, 3.8) is 0 Å². The molecule has 1 amide bonds. The summed E-state index contributed by atoms with van der Waals surface area (Å²) in [5, 5.41) is 19.9. The van der Waals surface area contributed by atoms with Gasteiger partial charge >= 0.3 is 0 Å². The maximum absolute atomic E-state index is 12.4. The van der Waals surface area contributed by atoms with Gasteiger partial charge in [0.15, 0.2) is 0 Å². The highest BCUT2D eigenvalue weighted by atomic mass is 32.2. The Hall–Kier alpha value is -1.60. The molecule has 6 nitrogen and oxygen atoms in total. The van der Waals surface area contributed by atoms with E-state index in [1.807, 2.05) is 6.26 Å². The molecule has 1 aromatic carbocycles. The molecule has 0 aliphatic rings. The minimum absolute atomic E-state index is 0.0171. The van der Waals surface area contributed by atoms with Crippen LogP contribution in [0.3, 0.4) is 0 Å². The summed E-state index contributed by atoms with van der Waals surface area (Å²) in [6, 6.07) is 4.54. The fraction of sp³-hybridized carbons (Fsp3) is 0.462. The third kappa shape index (κ3) is 3.94. The molecule has 0 saturated heterocycles. The number of rotatable bonds is 7. The van der Waals surface area contributed by atoms with Crippen molar-refractivity contribution >= 4 is 23.4 Å². The van der Waals surface area contributed by atoms with Crippen molar-refractivity contribution in [1.82, 2.24) is 4.90 Å². The molecule has 0 aliphatic heterocycles. The quantitative estimate of drug-likeness (QED) is 0.474. The van der Waals surface area contributed by atoms with Crippen LogP contribution >= 0.6 is 11.8 Å². The summed E-state index contributed by atoms with van der Waals surface area (Å²) >= 11 is 1.42. The van der Waals surface area contributed by atoms with E-state index in [9.17, 15) is 14.9 Å². The molecular formula is C13H18N2O4S. The van der Waals surface area contributed by atoms with Crippen LogP contribution in [-0.2, 0) is 0 Å². The first kappa shape index (κ1) is 16.5. The number of aliphatic hydroxyl groups is 1. The van der Waals surface area contributed by atoms with E-state index in [1.54, 1.807) is 19.1 Å². The Balaban J connectivity index is 3.13. The van der Waals surface area contributed by atoms with E-state index < -0.39 is 4.92 Å². The Bertz CT molecular complexity index is 493. The van der Waals surface area contributed by atoms with Crippen LogP contribution in [0.25, 0.3) is 0 Å². The number of thioether (sulfide) groups is 1. The zero-order valence-corrected chi connectivity index (χ0v) is 12.4. The molecular weight excluding hydrogens is 280 g/mol. The molecule has 0 saturated carbocycles. The third-order valence-corrected chi connectivity index (χ3v) is 3.61. The monoisotopic (exact) mass is 298 g/mol. The first-order valence-electron chi connectivity index (χ1n) is 6.27. The molecule has 1 rings (SSSR count). The van der Waals surface area contributed by atoms with Gasteiger partial charge in [0.05, 0.1) is 4.92 Å². The summed E-state index contributed by atoms with van der Waals surface area (Å²) in [6.45, 7) is 2.61. The number of carbonyl (C=O) groups is 1. The van der Waals surface area contributed by atoms with Crippen molar-refractivity contribution in [2.24, 2.45) is 0 Å². The zero-order chi connectivity index (χ0) is 15.1. The molecule has 20 heavy (non-hydrogen) atoms. The van der Waals surface area contributed by atoms with E-state index in [0.29, 0.717) is 19.5 Å². The lowest BCUT2D eigenvalue weighted by molar-refractivity contribution is -0.385. The normalized spacial score (nSPS) is 10.3. The largest absolute Gasteiger partial charge is 0.396 e. The number of nitro benzene ring substituents is 1. The van der Waals surface area contributed by atoms with E-state index in [1.165, 1.54) is 22.7 Å². The first-order valence-corrected chi connectivity index (χ1v) is 7.50. The first-order chi connectivity index (χ1) is 9.54. The van der Waals surface area contributed by atoms with Gasteiger partial charge in [0.2, 0.25) is 0 Å². The number of nitrogens with zero attached hydrogens (tertiary/aromatic N) is 2. The van der Waals surface area contributed by atoms with E-state index in [0.717, 1.165) is 4.90 Å². The molecule has 0 unspecified atom stereocenters. The second-order valence-corrected chi connectivity index (χ2v) is 4.98. The van der Waals surface area contributed by atoms with Gasteiger partial charge in [-0.05, 0) is 31.7 Å². The van der Waals surface area contributed by atoms with Gasteiger partial charge in [-0.2, -0.15) is 0 Å². The molecule has 0 radical (unpaired) electrons. The van der Waals surface area contributed by atoms with E-state index in [-0.39, 0.29) is 23.8 Å². The molecule has 1 N–H and O–H groups in total. The van der Waals surface area contributed by atoms with E-state index >= 15 is 0 Å². The molecule has 0 atom stereocenters. The van der Waals surface area contributed by atoms with Gasteiger partial charge in [0.1, 0.15) is 5.56 Å². The molecule has 0 spiro atoms. The fourth-order valence-corrected chi connectivity index (χ4v) is 2.25. The van der Waals surface area contributed by atoms with E-state index in [2.05, 4.69) is 0 Å². The minimum atomic E-state index is -0.544. The molecule has 0 fully saturated rings. The van der Waals surface area contributed by atoms with Crippen LogP contribution < -0.4 is 0 Å². The summed E-state index contributed by atoms with van der Waals surface area (Å²) in [6.07, 6.45) is 2.30. The molecule has 7 heteroatoms. The number of benzene rings is 1. The summed E-state index contributed by atoms with van der Waals surface area (Å²) in [7, 11) is 0. The number of carbonyl (C=O) groups excluding carboxylic acids is 1. The average Bonchev–Trinajstić information content (AvgIpc) is 2.46. The summed E-state index contributed by atoms with van der Waals surface area (Å²) in [5.41, 5.74) is -0.0862. The maximum Gasteiger partial charge on any atom is 0.282 e. The van der Waals surface area contributed by atoms with Crippen LogP contribution in [0.4, 0.5) is 5.69 Å². The third-order valence-electron chi connectivity index (χ3n) is 2.89. The van der Waals surface area contributed by atoms with Gasteiger partial charge in [0.25, 0.3) is 11.6 Å². The maximum atomic E-state index is 12.4. The van der Waals surface area contributed by atoms with E-state index in [4.69, 9.17) is 5.11 Å². The number of hydrogen-bond donors (Lipinski definition) is 1. The van der Waals surface area contributed by atoms with Gasteiger partial charge in [-0.1, -0.05) is 0 Å². The SMILES string of the molecule is CCN(CCCO)C(=O)c1cc(SC)ccc1[N+](=O)[O-]. The average molecular weight is 298 g/mol. The van der Waals surface area contributed by atoms with Crippen molar-refractivity contribution in [2.75, 3.05) is 26.0 Å². The predicted octanol–water partition coefficient (Wildman–Crippen LogP) is 2.16.